The summed E-state index contributed by atoms with van der Waals surface area (Å²) in [5.41, 5.74) is 0. The molecule has 5 heteroatoms. The molecule has 0 aliphatic carbocycles. The van der Waals surface area contributed by atoms with Crippen LogP contribution in [0, 0.1) is 16.5 Å². The third-order valence-electron chi connectivity index (χ3n) is 2.98. The first-order valence-electron chi connectivity index (χ1n) is 5.50. The fraction of sp³-hybridized carbons (Fsp3) is 0.636. The number of nitrogens with zero attached hydrogens (tertiary/aromatic N) is 3. The average molecular weight is 333 g/mol. The minimum atomic E-state index is -0.168. The van der Waals surface area contributed by atoms with E-state index in [-0.39, 0.29) is 6.10 Å². The van der Waals surface area contributed by atoms with Crippen molar-refractivity contribution in [3.8, 4) is 0 Å². The molecule has 2 heterocycles. The van der Waals surface area contributed by atoms with E-state index in [9.17, 15) is 5.11 Å². The topological polar surface area (TPSA) is 49.2 Å². The molecule has 16 heavy (non-hydrogen) atoms. The molecule has 2 rings (SSSR count). The zero-order chi connectivity index (χ0) is 11.7. The maximum absolute atomic E-state index is 9.69. The normalized spacial score (nSPS) is 25.9. The standard InChI is InChI=1S/C11H16IN3O/c1-7-6-15(4-3-9(7)16)11-5-10(12)13-8(2)14-11/h5,7,9,16H,3-4,6H2,1-2H3/t7?,9-/m1/s1. The molecule has 0 spiro atoms. The number of aliphatic hydroxyl groups is 1. The molecule has 1 N–H and O–H groups in total. The molecule has 1 fully saturated rings. The lowest BCUT2D eigenvalue weighted by atomic mass is 9.97. The second kappa shape index (κ2) is 4.83. The number of anilines is 1. The molecular formula is C11H16IN3O. The van der Waals surface area contributed by atoms with Gasteiger partial charge in [0.15, 0.2) is 0 Å². The number of rotatable bonds is 1. The summed E-state index contributed by atoms with van der Waals surface area (Å²) in [4.78, 5) is 10.9. The fourth-order valence-electron chi connectivity index (χ4n) is 2.02. The Balaban J connectivity index is 2.18. The SMILES string of the molecule is Cc1nc(I)cc(N2CC[C@@H](O)C(C)C2)n1. The van der Waals surface area contributed by atoms with Gasteiger partial charge in [0.25, 0.3) is 0 Å². The molecule has 0 aromatic carbocycles. The van der Waals surface area contributed by atoms with E-state index >= 15 is 0 Å². The van der Waals surface area contributed by atoms with E-state index in [4.69, 9.17) is 0 Å². The molecule has 1 aliphatic rings. The van der Waals surface area contributed by atoms with E-state index in [1.54, 1.807) is 0 Å². The monoisotopic (exact) mass is 333 g/mol. The third-order valence-corrected chi connectivity index (χ3v) is 3.53. The highest BCUT2D eigenvalue weighted by atomic mass is 127. The van der Waals surface area contributed by atoms with Crippen molar-refractivity contribution in [3.05, 3.63) is 15.6 Å². The lowest BCUT2D eigenvalue weighted by Gasteiger charge is -2.35. The van der Waals surface area contributed by atoms with Crippen molar-refractivity contribution in [3.63, 3.8) is 0 Å². The van der Waals surface area contributed by atoms with E-state index in [0.29, 0.717) is 5.92 Å². The molecule has 88 valence electrons. The van der Waals surface area contributed by atoms with Gasteiger partial charge >= 0.3 is 0 Å². The smallest absolute Gasteiger partial charge is 0.133 e. The van der Waals surface area contributed by atoms with Crippen LogP contribution in [0.25, 0.3) is 0 Å². The molecular weight excluding hydrogens is 317 g/mol. The number of aryl methyl sites for hydroxylation is 1. The van der Waals surface area contributed by atoms with Gasteiger partial charge in [-0.3, -0.25) is 0 Å². The first kappa shape index (κ1) is 12.0. The van der Waals surface area contributed by atoms with Gasteiger partial charge in [0.05, 0.1) is 6.10 Å². The number of aliphatic hydroxyl groups excluding tert-OH is 1. The molecule has 1 saturated heterocycles. The molecule has 1 aromatic rings. The van der Waals surface area contributed by atoms with Crippen LogP contribution >= 0.6 is 22.6 Å². The second-order valence-corrected chi connectivity index (χ2v) is 5.48. The second-order valence-electron chi connectivity index (χ2n) is 4.38. The van der Waals surface area contributed by atoms with Crippen LogP contribution in [-0.4, -0.2) is 34.3 Å². The highest BCUT2D eigenvalue weighted by Crippen LogP contribution is 2.22. The largest absolute Gasteiger partial charge is 0.393 e. The Morgan fingerprint density at radius 3 is 2.88 bits per heavy atom. The quantitative estimate of drug-likeness (QED) is 0.627. The van der Waals surface area contributed by atoms with Crippen molar-refractivity contribution in [2.24, 2.45) is 5.92 Å². The Bertz CT molecular complexity index is 365. The van der Waals surface area contributed by atoms with Gasteiger partial charge in [-0.25, -0.2) is 9.97 Å². The van der Waals surface area contributed by atoms with Gasteiger partial charge in [0.1, 0.15) is 15.3 Å². The van der Waals surface area contributed by atoms with Gasteiger partial charge in [-0.15, -0.1) is 0 Å². The molecule has 1 aliphatic heterocycles. The Kier molecular flexibility index (Phi) is 3.63. The van der Waals surface area contributed by atoms with Gasteiger partial charge in [0, 0.05) is 19.2 Å². The van der Waals surface area contributed by atoms with Crippen LogP contribution < -0.4 is 4.90 Å². The summed E-state index contributed by atoms with van der Waals surface area (Å²) in [5, 5.41) is 9.69. The van der Waals surface area contributed by atoms with Crippen LogP contribution in [0.5, 0.6) is 0 Å². The van der Waals surface area contributed by atoms with Crippen molar-refractivity contribution < 1.29 is 5.11 Å². The zero-order valence-electron chi connectivity index (χ0n) is 9.52. The van der Waals surface area contributed by atoms with Crippen LogP contribution in [0.4, 0.5) is 5.82 Å². The molecule has 4 nitrogen and oxygen atoms in total. The lowest BCUT2D eigenvalue weighted by molar-refractivity contribution is 0.0969. The highest BCUT2D eigenvalue weighted by Gasteiger charge is 2.25. The summed E-state index contributed by atoms with van der Waals surface area (Å²) in [6.07, 6.45) is 0.652. The van der Waals surface area contributed by atoms with E-state index in [2.05, 4.69) is 44.4 Å². The van der Waals surface area contributed by atoms with Crippen molar-refractivity contribution in [1.29, 1.82) is 0 Å². The first-order chi connectivity index (χ1) is 7.56. The van der Waals surface area contributed by atoms with Crippen LogP contribution in [0.1, 0.15) is 19.2 Å². The van der Waals surface area contributed by atoms with E-state index < -0.39 is 0 Å². The van der Waals surface area contributed by atoms with E-state index in [1.807, 2.05) is 13.0 Å². The predicted octanol–water partition coefficient (Wildman–Crippen LogP) is 1.60. The Morgan fingerprint density at radius 2 is 2.25 bits per heavy atom. The molecule has 0 radical (unpaired) electrons. The minimum Gasteiger partial charge on any atom is -0.393 e. The van der Waals surface area contributed by atoms with E-state index in [1.165, 1.54) is 0 Å². The van der Waals surface area contributed by atoms with Gasteiger partial charge < -0.3 is 10.0 Å². The number of hydrogen-bond donors (Lipinski definition) is 1. The Hall–Kier alpha value is -0.430. The lowest BCUT2D eigenvalue weighted by Crippen LogP contribution is -2.42. The van der Waals surface area contributed by atoms with Gasteiger partial charge in [-0.1, -0.05) is 6.92 Å². The first-order valence-corrected chi connectivity index (χ1v) is 6.58. The van der Waals surface area contributed by atoms with Crippen molar-refractivity contribution in [2.45, 2.75) is 26.4 Å². The minimum absolute atomic E-state index is 0.168. The summed E-state index contributed by atoms with van der Waals surface area (Å²) < 4.78 is 0.971. The predicted molar refractivity (Wildman–Crippen MR) is 71.5 cm³/mol. The van der Waals surface area contributed by atoms with E-state index in [0.717, 1.165) is 34.9 Å². The zero-order valence-corrected chi connectivity index (χ0v) is 11.7. The summed E-state index contributed by atoms with van der Waals surface area (Å²) in [6.45, 7) is 5.73. The Morgan fingerprint density at radius 1 is 1.50 bits per heavy atom. The third kappa shape index (κ3) is 2.63. The van der Waals surface area contributed by atoms with Crippen LogP contribution in [0.2, 0.25) is 0 Å². The summed E-state index contributed by atoms with van der Waals surface area (Å²) in [5.74, 6) is 2.10. The number of halogens is 1. The van der Waals surface area contributed by atoms with Crippen LogP contribution in [-0.2, 0) is 0 Å². The van der Waals surface area contributed by atoms with Crippen molar-refractivity contribution in [2.75, 3.05) is 18.0 Å². The van der Waals surface area contributed by atoms with Crippen molar-refractivity contribution >= 4 is 28.4 Å². The van der Waals surface area contributed by atoms with Crippen molar-refractivity contribution in [1.82, 2.24) is 9.97 Å². The van der Waals surface area contributed by atoms with Crippen LogP contribution in [0.3, 0.4) is 0 Å². The summed E-state index contributed by atoms with van der Waals surface area (Å²) in [7, 11) is 0. The van der Waals surface area contributed by atoms with Crippen LogP contribution in [0.15, 0.2) is 6.07 Å². The molecule has 2 atom stereocenters. The number of hydrogen-bond acceptors (Lipinski definition) is 4. The fourth-order valence-corrected chi connectivity index (χ4v) is 2.65. The van der Waals surface area contributed by atoms with Gasteiger partial charge in [-0.05, 0) is 41.9 Å². The maximum atomic E-state index is 9.69. The van der Waals surface area contributed by atoms with Gasteiger partial charge in [-0.2, -0.15) is 0 Å². The van der Waals surface area contributed by atoms with Gasteiger partial charge in [0.2, 0.25) is 0 Å². The highest BCUT2D eigenvalue weighted by molar-refractivity contribution is 14.1. The molecule has 0 bridgehead atoms. The Labute approximate surface area is 109 Å². The summed E-state index contributed by atoms with van der Waals surface area (Å²) >= 11 is 2.21. The number of piperidine rings is 1. The maximum Gasteiger partial charge on any atom is 0.133 e. The number of aromatic nitrogens is 2. The average Bonchev–Trinajstić information content (AvgIpc) is 2.20. The molecule has 0 amide bonds. The summed E-state index contributed by atoms with van der Waals surface area (Å²) in [6, 6.07) is 2.00. The molecule has 1 aromatic heterocycles. The molecule has 1 unspecified atom stereocenters. The molecule has 0 saturated carbocycles.